The van der Waals surface area contributed by atoms with Gasteiger partial charge in [0.15, 0.2) is 0 Å². The van der Waals surface area contributed by atoms with Crippen molar-refractivity contribution in [1.29, 1.82) is 0 Å². The van der Waals surface area contributed by atoms with Gasteiger partial charge in [-0.15, -0.1) is 0 Å². The first-order chi connectivity index (χ1) is 9.04. The normalized spacial score (nSPS) is 11.9. The number of benzene rings is 1. The average molecular weight is 264 g/mol. The Bertz CT molecular complexity index is 446. The smallest absolute Gasteiger partial charge is 0.306 e. The summed E-state index contributed by atoms with van der Waals surface area (Å²) >= 11 is 0. The van der Waals surface area contributed by atoms with Gasteiger partial charge in [-0.05, 0) is 17.5 Å². The second kappa shape index (κ2) is 7.53. The minimum atomic E-state index is -0.845. The van der Waals surface area contributed by atoms with Gasteiger partial charge in [-0.1, -0.05) is 31.2 Å². The van der Waals surface area contributed by atoms with Gasteiger partial charge in [0.05, 0.1) is 12.3 Å². The van der Waals surface area contributed by atoms with E-state index in [1.165, 1.54) is 0 Å². The number of carboxylic acids is 1. The SMILES string of the molecule is CC(CCNC(=O)Cc1ccccc1CN)C(=O)O. The summed E-state index contributed by atoms with van der Waals surface area (Å²) in [6.07, 6.45) is 0.703. The first-order valence-corrected chi connectivity index (χ1v) is 6.31. The molecule has 104 valence electrons. The van der Waals surface area contributed by atoms with Crippen molar-refractivity contribution in [3.8, 4) is 0 Å². The van der Waals surface area contributed by atoms with Crippen molar-refractivity contribution < 1.29 is 14.7 Å². The molecule has 1 rings (SSSR count). The lowest BCUT2D eigenvalue weighted by molar-refractivity contribution is -0.141. The van der Waals surface area contributed by atoms with Crippen molar-refractivity contribution in [2.45, 2.75) is 26.3 Å². The Hall–Kier alpha value is -1.88. The summed E-state index contributed by atoms with van der Waals surface area (Å²) in [4.78, 5) is 22.4. The first-order valence-electron chi connectivity index (χ1n) is 6.31. The van der Waals surface area contributed by atoms with E-state index in [4.69, 9.17) is 10.8 Å². The van der Waals surface area contributed by atoms with Crippen LogP contribution in [0.2, 0.25) is 0 Å². The molecule has 0 radical (unpaired) electrons. The van der Waals surface area contributed by atoms with Gasteiger partial charge in [-0.25, -0.2) is 0 Å². The van der Waals surface area contributed by atoms with Gasteiger partial charge in [0.25, 0.3) is 0 Å². The third-order valence-electron chi connectivity index (χ3n) is 3.01. The van der Waals surface area contributed by atoms with E-state index >= 15 is 0 Å². The van der Waals surface area contributed by atoms with E-state index in [-0.39, 0.29) is 12.3 Å². The zero-order valence-electron chi connectivity index (χ0n) is 11.1. The van der Waals surface area contributed by atoms with E-state index in [1.54, 1.807) is 6.92 Å². The highest BCUT2D eigenvalue weighted by atomic mass is 16.4. The fourth-order valence-electron chi connectivity index (χ4n) is 1.72. The molecule has 1 aromatic carbocycles. The lowest BCUT2D eigenvalue weighted by Gasteiger charge is -2.10. The maximum absolute atomic E-state index is 11.7. The molecule has 0 spiro atoms. The molecule has 1 aromatic rings. The van der Waals surface area contributed by atoms with Crippen LogP contribution in [0.25, 0.3) is 0 Å². The van der Waals surface area contributed by atoms with E-state index in [2.05, 4.69) is 5.32 Å². The molecule has 5 heteroatoms. The summed E-state index contributed by atoms with van der Waals surface area (Å²) in [5, 5.41) is 11.4. The number of hydrogen-bond acceptors (Lipinski definition) is 3. The number of rotatable bonds is 7. The Morgan fingerprint density at radius 1 is 1.32 bits per heavy atom. The molecule has 0 bridgehead atoms. The number of aliphatic carboxylic acids is 1. The molecule has 0 heterocycles. The maximum Gasteiger partial charge on any atom is 0.306 e. The van der Waals surface area contributed by atoms with Crippen molar-refractivity contribution in [2.75, 3.05) is 6.54 Å². The molecule has 1 unspecified atom stereocenters. The number of carbonyl (C=O) groups excluding carboxylic acids is 1. The van der Waals surface area contributed by atoms with E-state index in [9.17, 15) is 9.59 Å². The van der Waals surface area contributed by atoms with Gasteiger partial charge in [-0.3, -0.25) is 9.59 Å². The molecule has 0 saturated heterocycles. The molecule has 0 aliphatic rings. The number of carbonyl (C=O) groups is 2. The molecular formula is C14H20N2O3. The molecule has 5 nitrogen and oxygen atoms in total. The summed E-state index contributed by atoms with van der Waals surface area (Å²) in [6.45, 7) is 2.40. The number of amides is 1. The van der Waals surface area contributed by atoms with E-state index in [1.807, 2.05) is 24.3 Å². The van der Waals surface area contributed by atoms with Crippen molar-refractivity contribution in [3.05, 3.63) is 35.4 Å². The number of carboxylic acid groups (broad SMARTS) is 1. The Morgan fingerprint density at radius 3 is 2.53 bits per heavy atom. The van der Waals surface area contributed by atoms with Crippen LogP contribution in [0.4, 0.5) is 0 Å². The molecule has 0 aliphatic heterocycles. The maximum atomic E-state index is 11.7. The van der Waals surface area contributed by atoms with Crippen LogP contribution >= 0.6 is 0 Å². The van der Waals surface area contributed by atoms with Crippen LogP contribution in [-0.4, -0.2) is 23.5 Å². The average Bonchev–Trinajstić information content (AvgIpc) is 2.39. The van der Waals surface area contributed by atoms with Crippen LogP contribution in [0.3, 0.4) is 0 Å². The fourth-order valence-corrected chi connectivity index (χ4v) is 1.72. The van der Waals surface area contributed by atoms with Crippen molar-refractivity contribution in [2.24, 2.45) is 11.7 Å². The molecule has 0 fully saturated rings. The largest absolute Gasteiger partial charge is 0.481 e. The van der Waals surface area contributed by atoms with E-state index < -0.39 is 11.9 Å². The third-order valence-corrected chi connectivity index (χ3v) is 3.01. The predicted molar refractivity (Wildman–Crippen MR) is 72.5 cm³/mol. The molecule has 1 atom stereocenters. The van der Waals surface area contributed by atoms with Gasteiger partial charge in [0.1, 0.15) is 0 Å². The van der Waals surface area contributed by atoms with Gasteiger partial charge in [0, 0.05) is 13.1 Å². The van der Waals surface area contributed by atoms with Gasteiger partial charge < -0.3 is 16.2 Å². The summed E-state index contributed by atoms with van der Waals surface area (Å²) < 4.78 is 0. The Morgan fingerprint density at radius 2 is 1.95 bits per heavy atom. The van der Waals surface area contributed by atoms with Crippen LogP contribution in [0, 0.1) is 5.92 Å². The van der Waals surface area contributed by atoms with Crippen molar-refractivity contribution >= 4 is 11.9 Å². The van der Waals surface area contributed by atoms with Crippen molar-refractivity contribution in [1.82, 2.24) is 5.32 Å². The van der Waals surface area contributed by atoms with Crippen LogP contribution < -0.4 is 11.1 Å². The Balaban J connectivity index is 2.41. The predicted octanol–water partition coefficient (Wildman–Crippen LogP) is 0.915. The van der Waals surface area contributed by atoms with Crippen LogP contribution in [0.1, 0.15) is 24.5 Å². The number of hydrogen-bond donors (Lipinski definition) is 3. The van der Waals surface area contributed by atoms with Crippen LogP contribution in [0.5, 0.6) is 0 Å². The number of nitrogens with one attached hydrogen (secondary N) is 1. The highest BCUT2D eigenvalue weighted by Gasteiger charge is 2.11. The summed E-state index contributed by atoms with van der Waals surface area (Å²) in [5.41, 5.74) is 7.47. The van der Waals surface area contributed by atoms with Crippen LogP contribution in [0.15, 0.2) is 24.3 Å². The van der Waals surface area contributed by atoms with Gasteiger partial charge >= 0.3 is 5.97 Å². The lowest BCUT2D eigenvalue weighted by Crippen LogP contribution is -2.28. The monoisotopic (exact) mass is 264 g/mol. The molecule has 4 N–H and O–H groups in total. The Labute approximate surface area is 112 Å². The molecule has 0 saturated carbocycles. The first kappa shape index (κ1) is 15.2. The van der Waals surface area contributed by atoms with E-state index in [0.717, 1.165) is 11.1 Å². The number of nitrogens with two attached hydrogens (primary N) is 1. The quantitative estimate of drug-likeness (QED) is 0.682. The van der Waals surface area contributed by atoms with E-state index in [0.29, 0.717) is 19.5 Å². The summed E-state index contributed by atoms with van der Waals surface area (Å²) in [6, 6.07) is 7.53. The second-order valence-electron chi connectivity index (χ2n) is 4.53. The summed E-state index contributed by atoms with van der Waals surface area (Å²) in [5.74, 6) is -1.40. The topological polar surface area (TPSA) is 92.4 Å². The third kappa shape index (κ3) is 5.09. The standard InChI is InChI=1S/C14H20N2O3/c1-10(14(18)19)6-7-16-13(17)8-11-4-2-3-5-12(11)9-15/h2-5,10H,6-9,15H2,1H3,(H,16,17)(H,18,19). The molecule has 0 aromatic heterocycles. The Kier molecular flexibility index (Phi) is 6.02. The lowest BCUT2D eigenvalue weighted by atomic mass is 10.0. The molecule has 19 heavy (non-hydrogen) atoms. The minimum Gasteiger partial charge on any atom is -0.481 e. The molecular weight excluding hydrogens is 244 g/mol. The zero-order valence-corrected chi connectivity index (χ0v) is 11.1. The van der Waals surface area contributed by atoms with Gasteiger partial charge in [-0.2, -0.15) is 0 Å². The molecule has 1 amide bonds. The molecule has 0 aliphatic carbocycles. The van der Waals surface area contributed by atoms with Crippen molar-refractivity contribution in [3.63, 3.8) is 0 Å². The zero-order chi connectivity index (χ0) is 14.3. The van der Waals surface area contributed by atoms with Gasteiger partial charge in [0.2, 0.25) is 5.91 Å². The highest BCUT2D eigenvalue weighted by molar-refractivity contribution is 5.79. The summed E-state index contributed by atoms with van der Waals surface area (Å²) in [7, 11) is 0. The van der Waals surface area contributed by atoms with Crippen LogP contribution in [-0.2, 0) is 22.6 Å². The second-order valence-corrected chi connectivity index (χ2v) is 4.53. The highest BCUT2D eigenvalue weighted by Crippen LogP contribution is 2.08. The minimum absolute atomic E-state index is 0.113. The fraction of sp³-hybridized carbons (Fsp3) is 0.429.